The summed E-state index contributed by atoms with van der Waals surface area (Å²) < 4.78 is 32.3. The van der Waals surface area contributed by atoms with Crippen LogP contribution >= 0.6 is 0 Å². The van der Waals surface area contributed by atoms with E-state index in [1.165, 1.54) is 0 Å². The fraction of sp³-hybridized carbons (Fsp3) is 0.682. The Balaban J connectivity index is 1.52. The van der Waals surface area contributed by atoms with Crippen LogP contribution < -0.4 is 0 Å². The van der Waals surface area contributed by atoms with Gasteiger partial charge in [-0.1, -0.05) is 30.3 Å². The normalized spacial score (nSPS) is 23.6. The standard InChI is InChI=1S/C22H33N3O4S/c1-18(2)30(27,28)24-12-8-20(9-13-24)25-21(26)23(16-19-6-4-3-5-7-19)17-22(25)10-14-29-15-11-22/h3-7,18,20H,8-17H2,1-2H3. The van der Waals surface area contributed by atoms with Gasteiger partial charge in [0.25, 0.3) is 0 Å². The molecule has 3 saturated heterocycles. The number of carbonyl (C=O) groups excluding carboxylic acids is 1. The summed E-state index contributed by atoms with van der Waals surface area (Å²) in [7, 11) is -3.25. The van der Waals surface area contributed by atoms with E-state index in [1.54, 1.807) is 18.2 Å². The highest BCUT2D eigenvalue weighted by Gasteiger charge is 2.53. The zero-order chi connectivity index (χ0) is 21.4. The Labute approximate surface area is 180 Å². The van der Waals surface area contributed by atoms with Gasteiger partial charge in [0.15, 0.2) is 0 Å². The summed E-state index contributed by atoms with van der Waals surface area (Å²) in [6.07, 6.45) is 3.07. The first-order valence-electron chi connectivity index (χ1n) is 11.0. The first-order valence-corrected chi connectivity index (χ1v) is 12.5. The Bertz CT molecular complexity index is 844. The maximum atomic E-state index is 13.5. The lowest BCUT2D eigenvalue weighted by Gasteiger charge is -2.46. The van der Waals surface area contributed by atoms with E-state index < -0.39 is 15.3 Å². The summed E-state index contributed by atoms with van der Waals surface area (Å²) in [5.41, 5.74) is 0.932. The van der Waals surface area contributed by atoms with Crippen molar-refractivity contribution in [2.24, 2.45) is 0 Å². The fourth-order valence-electron chi connectivity index (χ4n) is 5.13. The highest BCUT2D eigenvalue weighted by Crippen LogP contribution is 2.40. The molecule has 0 N–H and O–H groups in total. The predicted molar refractivity (Wildman–Crippen MR) is 116 cm³/mol. The molecule has 1 spiro atoms. The van der Waals surface area contributed by atoms with Crippen LogP contribution in [0.25, 0.3) is 0 Å². The number of hydrogen-bond donors (Lipinski definition) is 0. The number of rotatable bonds is 5. The molecule has 0 aromatic heterocycles. The van der Waals surface area contributed by atoms with Gasteiger partial charge in [0.2, 0.25) is 10.0 Å². The number of sulfonamides is 1. The number of urea groups is 1. The second kappa shape index (κ2) is 8.48. The average molecular weight is 436 g/mol. The molecule has 4 rings (SSSR count). The molecule has 1 aromatic rings. The van der Waals surface area contributed by atoms with E-state index in [9.17, 15) is 13.2 Å². The van der Waals surface area contributed by atoms with E-state index in [4.69, 9.17) is 4.74 Å². The molecule has 0 radical (unpaired) electrons. The maximum absolute atomic E-state index is 13.5. The van der Waals surface area contributed by atoms with Crippen LogP contribution in [0.4, 0.5) is 4.79 Å². The van der Waals surface area contributed by atoms with Crippen molar-refractivity contribution in [2.45, 2.75) is 62.9 Å². The molecule has 7 nitrogen and oxygen atoms in total. The number of carbonyl (C=O) groups is 1. The Morgan fingerprint density at radius 1 is 1.10 bits per heavy atom. The van der Waals surface area contributed by atoms with E-state index in [0.717, 1.165) is 18.4 Å². The van der Waals surface area contributed by atoms with Gasteiger partial charge in [0.1, 0.15) is 0 Å². The van der Waals surface area contributed by atoms with Crippen LogP contribution in [0.1, 0.15) is 45.1 Å². The highest BCUT2D eigenvalue weighted by atomic mass is 32.2. The third-order valence-electron chi connectivity index (χ3n) is 6.86. The van der Waals surface area contributed by atoms with Crippen LogP contribution in [-0.4, -0.2) is 78.2 Å². The molecule has 3 aliphatic rings. The maximum Gasteiger partial charge on any atom is 0.321 e. The van der Waals surface area contributed by atoms with Gasteiger partial charge in [-0.2, -0.15) is 0 Å². The molecular weight excluding hydrogens is 402 g/mol. The summed E-state index contributed by atoms with van der Waals surface area (Å²) in [5.74, 6) is 0. The molecular formula is C22H33N3O4S. The van der Waals surface area contributed by atoms with Gasteiger partial charge in [-0.25, -0.2) is 17.5 Å². The molecule has 0 saturated carbocycles. The minimum absolute atomic E-state index is 0.0787. The summed E-state index contributed by atoms with van der Waals surface area (Å²) in [4.78, 5) is 17.6. The molecule has 3 fully saturated rings. The first-order chi connectivity index (χ1) is 14.3. The molecule has 0 atom stereocenters. The van der Waals surface area contributed by atoms with Crippen molar-refractivity contribution in [2.75, 3.05) is 32.8 Å². The Morgan fingerprint density at radius 3 is 2.33 bits per heavy atom. The number of amides is 2. The van der Waals surface area contributed by atoms with Gasteiger partial charge in [0.05, 0.1) is 10.8 Å². The molecule has 0 bridgehead atoms. The van der Waals surface area contributed by atoms with Crippen molar-refractivity contribution in [3.05, 3.63) is 35.9 Å². The van der Waals surface area contributed by atoms with E-state index in [2.05, 4.69) is 17.0 Å². The average Bonchev–Trinajstić information content (AvgIpc) is 2.99. The van der Waals surface area contributed by atoms with E-state index in [-0.39, 0.29) is 17.6 Å². The van der Waals surface area contributed by atoms with Gasteiger partial charge < -0.3 is 14.5 Å². The third kappa shape index (κ3) is 3.97. The van der Waals surface area contributed by atoms with Crippen molar-refractivity contribution in [3.8, 4) is 0 Å². The molecule has 0 unspecified atom stereocenters. The topological polar surface area (TPSA) is 70.2 Å². The van der Waals surface area contributed by atoms with Crippen LogP contribution in [-0.2, 0) is 21.3 Å². The van der Waals surface area contributed by atoms with Gasteiger partial charge in [-0.3, -0.25) is 0 Å². The number of nitrogens with zero attached hydrogens (tertiary/aromatic N) is 3. The zero-order valence-corrected chi connectivity index (χ0v) is 18.8. The highest BCUT2D eigenvalue weighted by molar-refractivity contribution is 7.89. The minimum Gasteiger partial charge on any atom is -0.381 e. The SMILES string of the molecule is CC(C)S(=O)(=O)N1CCC(N2C(=O)N(Cc3ccccc3)CC23CCOCC3)CC1. The Hall–Kier alpha value is -1.64. The smallest absolute Gasteiger partial charge is 0.321 e. The van der Waals surface area contributed by atoms with Crippen molar-refractivity contribution in [3.63, 3.8) is 0 Å². The monoisotopic (exact) mass is 435 g/mol. The van der Waals surface area contributed by atoms with Crippen LogP contribution in [0.15, 0.2) is 30.3 Å². The Morgan fingerprint density at radius 2 is 1.73 bits per heavy atom. The van der Waals surface area contributed by atoms with Crippen molar-refractivity contribution in [1.82, 2.24) is 14.1 Å². The van der Waals surface area contributed by atoms with Gasteiger partial charge in [-0.05, 0) is 45.1 Å². The van der Waals surface area contributed by atoms with Crippen molar-refractivity contribution < 1.29 is 17.9 Å². The van der Waals surface area contributed by atoms with E-state index >= 15 is 0 Å². The lowest BCUT2D eigenvalue weighted by atomic mass is 9.86. The van der Waals surface area contributed by atoms with E-state index in [1.807, 2.05) is 23.1 Å². The minimum atomic E-state index is -3.25. The number of ether oxygens (including phenoxy) is 1. The van der Waals surface area contributed by atoms with Crippen LogP contribution in [0, 0.1) is 0 Å². The van der Waals surface area contributed by atoms with Gasteiger partial charge in [0, 0.05) is 45.4 Å². The summed E-state index contributed by atoms with van der Waals surface area (Å²) >= 11 is 0. The zero-order valence-electron chi connectivity index (χ0n) is 18.0. The second-order valence-corrected chi connectivity index (χ2v) is 11.5. The largest absolute Gasteiger partial charge is 0.381 e. The van der Waals surface area contributed by atoms with Crippen LogP contribution in [0.5, 0.6) is 0 Å². The van der Waals surface area contributed by atoms with Crippen molar-refractivity contribution >= 4 is 16.1 Å². The third-order valence-corrected chi connectivity index (χ3v) is 9.13. The quantitative estimate of drug-likeness (QED) is 0.713. The molecule has 1 aromatic carbocycles. The van der Waals surface area contributed by atoms with Gasteiger partial charge in [-0.15, -0.1) is 0 Å². The van der Waals surface area contributed by atoms with E-state index in [0.29, 0.717) is 52.2 Å². The van der Waals surface area contributed by atoms with Crippen LogP contribution in [0.2, 0.25) is 0 Å². The first kappa shape index (κ1) is 21.6. The lowest BCUT2D eigenvalue weighted by Crippen LogP contribution is -2.58. The molecule has 30 heavy (non-hydrogen) atoms. The Kier molecular flexibility index (Phi) is 6.10. The molecule has 2 amide bonds. The summed E-state index contributed by atoms with van der Waals surface area (Å²) in [5, 5.41) is -0.411. The van der Waals surface area contributed by atoms with Crippen LogP contribution in [0.3, 0.4) is 0 Å². The predicted octanol–water partition coefficient (Wildman–Crippen LogP) is 2.68. The second-order valence-electron chi connectivity index (χ2n) is 9.05. The summed E-state index contributed by atoms with van der Waals surface area (Å²) in [6.45, 7) is 7.09. The molecule has 3 aliphatic heterocycles. The van der Waals surface area contributed by atoms with Gasteiger partial charge >= 0.3 is 6.03 Å². The molecule has 3 heterocycles. The number of benzene rings is 1. The number of hydrogen-bond acceptors (Lipinski definition) is 4. The molecule has 0 aliphatic carbocycles. The molecule has 8 heteroatoms. The fourth-order valence-corrected chi connectivity index (χ4v) is 6.44. The lowest BCUT2D eigenvalue weighted by molar-refractivity contribution is -0.0131. The summed E-state index contributed by atoms with van der Waals surface area (Å²) in [6, 6.07) is 10.3. The number of piperidine rings is 1. The molecule has 166 valence electrons. The van der Waals surface area contributed by atoms with Crippen molar-refractivity contribution in [1.29, 1.82) is 0 Å².